The Bertz CT molecular complexity index is 552. The number of esters is 1. The fraction of sp³-hybridized carbons (Fsp3) is 0.467. The van der Waals surface area contributed by atoms with E-state index in [4.69, 9.17) is 9.47 Å². The van der Waals surface area contributed by atoms with E-state index in [0.717, 1.165) is 5.01 Å². The highest BCUT2D eigenvalue weighted by atomic mass is 16.6. The fourth-order valence-corrected chi connectivity index (χ4v) is 1.98. The van der Waals surface area contributed by atoms with Crippen LogP contribution >= 0.6 is 0 Å². The molecule has 1 N–H and O–H groups in total. The van der Waals surface area contributed by atoms with E-state index in [-0.39, 0.29) is 25.4 Å². The number of nitrogens with zero attached hydrogens (tertiary/aromatic N) is 1. The lowest BCUT2D eigenvalue weighted by Gasteiger charge is -2.38. The minimum atomic E-state index is -1.46. The molecule has 1 aliphatic rings. The van der Waals surface area contributed by atoms with Gasteiger partial charge in [-0.3, -0.25) is 9.59 Å². The van der Waals surface area contributed by atoms with Gasteiger partial charge in [-0.05, 0) is 38.2 Å². The maximum atomic E-state index is 12.3. The standard InChI is InChI=1S/C15H20N2O7/c1-4-23-13(20)16-17(14(21)24-5-2)15(10-12(19)22-3)8-6-11(18)7-9-15/h6-9H,4-5,10H2,1-3H3,(H,16,20). The molecule has 1 aliphatic carbocycles. The maximum Gasteiger partial charge on any atom is 0.429 e. The van der Waals surface area contributed by atoms with E-state index in [1.165, 1.54) is 31.4 Å². The normalized spacial score (nSPS) is 14.7. The van der Waals surface area contributed by atoms with Crippen molar-refractivity contribution in [2.24, 2.45) is 0 Å². The molecule has 24 heavy (non-hydrogen) atoms. The summed E-state index contributed by atoms with van der Waals surface area (Å²) in [4.78, 5) is 47.2. The molecular weight excluding hydrogens is 320 g/mol. The molecule has 0 saturated carbocycles. The van der Waals surface area contributed by atoms with Gasteiger partial charge in [0.15, 0.2) is 5.78 Å². The molecule has 0 bridgehead atoms. The SMILES string of the molecule is CCOC(=O)NN(C(=O)OCC)C1(CC(=O)OC)C=CC(=O)C=C1. The summed E-state index contributed by atoms with van der Waals surface area (Å²) in [5, 5.41) is 0.796. The molecule has 0 aromatic heterocycles. The van der Waals surface area contributed by atoms with Gasteiger partial charge in [0.2, 0.25) is 0 Å². The number of amides is 2. The molecule has 9 nitrogen and oxygen atoms in total. The van der Waals surface area contributed by atoms with Crippen molar-refractivity contribution in [2.45, 2.75) is 25.8 Å². The van der Waals surface area contributed by atoms with E-state index in [1.807, 2.05) is 0 Å². The third-order valence-corrected chi connectivity index (χ3v) is 3.07. The van der Waals surface area contributed by atoms with E-state index >= 15 is 0 Å². The molecule has 0 radical (unpaired) electrons. The smallest absolute Gasteiger partial charge is 0.429 e. The summed E-state index contributed by atoms with van der Waals surface area (Å²) in [6.45, 7) is 3.30. The highest BCUT2D eigenvalue weighted by Crippen LogP contribution is 2.27. The quantitative estimate of drug-likeness (QED) is 0.453. The monoisotopic (exact) mass is 340 g/mol. The number of allylic oxidation sites excluding steroid dienone is 2. The van der Waals surface area contributed by atoms with Crippen molar-refractivity contribution in [2.75, 3.05) is 20.3 Å². The van der Waals surface area contributed by atoms with Gasteiger partial charge in [0.1, 0.15) is 5.54 Å². The first-order valence-corrected chi connectivity index (χ1v) is 7.28. The summed E-state index contributed by atoms with van der Waals surface area (Å²) < 4.78 is 14.3. The van der Waals surface area contributed by atoms with Crippen LogP contribution in [0.2, 0.25) is 0 Å². The topological polar surface area (TPSA) is 111 Å². The van der Waals surface area contributed by atoms with Crippen LogP contribution in [0.5, 0.6) is 0 Å². The van der Waals surface area contributed by atoms with Gasteiger partial charge < -0.3 is 14.2 Å². The van der Waals surface area contributed by atoms with Crippen LogP contribution in [-0.2, 0) is 23.8 Å². The Kier molecular flexibility index (Phi) is 6.97. The van der Waals surface area contributed by atoms with Crippen molar-refractivity contribution in [3.63, 3.8) is 0 Å². The van der Waals surface area contributed by atoms with Crippen molar-refractivity contribution in [3.05, 3.63) is 24.3 Å². The zero-order valence-electron chi connectivity index (χ0n) is 13.7. The van der Waals surface area contributed by atoms with Crippen LogP contribution in [0.1, 0.15) is 20.3 Å². The minimum absolute atomic E-state index is 0.0422. The molecule has 0 aromatic rings. The zero-order chi connectivity index (χ0) is 18.2. The summed E-state index contributed by atoms with van der Waals surface area (Å²) in [6, 6.07) is 0. The molecule has 0 unspecified atom stereocenters. The number of ketones is 1. The minimum Gasteiger partial charge on any atom is -0.469 e. The number of hydrazine groups is 1. The number of rotatable bonds is 5. The van der Waals surface area contributed by atoms with Crippen LogP contribution in [0.3, 0.4) is 0 Å². The van der Waals surface area contributed by atoms with Crippen molar-refractivity contribution < 1.29 is 33.4 Å². The number of hydrogen-bond donors (Lipinski definition) is 1. The molecule has 0 atom stereocenters. The molecule has 1 rings (SSSR count). The average molecular weight is 340 g/mol. The van der Waals surface area contributed by atoms with Gasteiger partial charge >= 0.3 is 18.2 Å². The Labute approximate surface area is 139 Å². The number of nitrogens with one attached hydrogen (secondary N) is 1. The molecule has 0 fully saturated rings. The first-order chi connectivity index (χ1) is 11.4. The molecule has 0 aliphatic heterocycles. The number of hydrogen-bond acceptors (Lipinski definition) is 7. The predicted molar refractivity (Wildman–Crippen MR) is 81.7 cm³/mol. The molecule has 0 aromatic carbocycles. The van der Waals surface area contributed by atoms with Crippen LogP contribution in [0.25, 0.3) is 0 Å². The van der Waals surface area contributed by atoms with Gasteiger partial charge in [-0.1, -0.05) is 0 Å². The van der Waals surface area contributed by atoms with Gasteiger partial charge in [-0.25, -0.2) is 20.0 Å². The Morgan fingerprint density at radius 1 is 1.12 bits per heavy atom. The van der Waals surface area contributed by atoms with Crippen molar-refractivity contribution in [1.82, 2.24) is 10.4 Å². The van der Waals surface area contributed by atoms with Crippen LogP contribution in [0.4, 0.5) is 9.59 Å². The van der Waals surface area contributed by atoms with E-state index in [0.29, 0.717) is 0 Å². The van der Waals surface area contributed by atoms with E-state index in [9.17, 15) is 19.2 Å². The first kappa shape index (κ1) is 19.2. The lowest BCUT2D eigenvalue weighted by Crippen LogP contribution is -2.59. The van der Waals surface area contributed by atoms with Gasteiger partial charge in [-0.2, -0.15) is 0 Å². The number of ether oxygens (including phenoxy) is 3. The average Bonchev–Trinajstić information content (AvgIpc) is 2.55. The zero-order valence-corrected chi connectivity index (χ0v) is 13.7. The Morgan fingerprint density at radius 3 is 2.21 bits per heavy atom. The summed E-state index contributed by atoms with van der Waals surface area (Å²) in [5.41, 5.74) is 0.775. The second kappa shape index (κ2) is 8.70. The fourth-order valence-electron chi connectivity index (χ4n) is 1.98. The maximum absolute atomic E-state index is 12.3. The van der Waals surface area contributed by atoms with Gasteiger partial charge in [-0.15, -0.1) is 0 Å². The van der Waals surface area contributed by atoms with Gasteiger partial charge in [0, 0.05) is 0 Å². The lowest BCUT2D eigenvalue weighted by molar-refractivity contribution is -0.142. The lowest BCUT2D eigenvalue weighted by atomic mass is 9.89. The van der Waals surface area contributed by atoms with Crippen LogP contribution in [-0.4, -0.2) is 54.8 Å². The van der Waals surface area contributed by atoms with E-state index < -0.39 is 23.7 Å². The Hall–Kier alpha value is -2.84. The molecule has 9 heteroatoms. The van der Waals surface area contributed by atoms with Gasteiger partial charge in [0.25, 0.3) is 0 Å². The van der Waals surface area contributed by atoms with E-state index in [1.54, 1.807) is 13.8 Å². The van der Waals surface area contributed by atoms with Crippen molar-refractivity contribution >= 4 is 23.9 Å². The predicted octanol–water partition coefficient (Wildman–Crippen LogP) is 1.10. The molecule has 2 amide bonds. The van der Waals surface area contributed by atoms with Crippen LogP contribution < -0.4 is 5.43 Å². The second-order valence-electron chi connectivity index (χ2n) is 4.68. The summed E-state index contributed by atoms with van der Waals surface area (Å²) in [5.74, 6) is -0.978. The summed E-state index contributed by atoms with van der Waals surface area (Å²) in [7, 11) is 1.19. The molecule has 0 heterocycles. The van der Waals surface area contributed by atoms with Crippen LogP contribution in [0.15, 0.2) is 24.3 Å². The van der Waals surface area contributed by atoms with Gasteiger partial charge in [0.05, 0.1) is 26.7 Å². The van der Waals surface area contributed by atoms with Crippen molar-refractivity contribution in [3.8, 4) is 0 Å². The Morgan fingerprint density at radius 2 is 1.71 bits per heavy atom. The molecule has 132 valence electrons. The van der Waals surface area contributed by atoms with Crippen LogP contribution in [0, 0.1) is 0 Å². The molecular formula is C15H20N2O7. The summed E-state index contributed by atoms with van der Waals surface area (Å²) in [6.07, 6.45) is 2.83. The third-order valence-electron chi connectivity index (χ3n) is 3.07. The largest absolute Gasteiger partial charge is 0.469 e. The second-order valence-corrected chi connectivity index (χ2v) is 4.68. The first-order valence-electron chi connectivity index (χ1n) is 7.28. The summed E-state index contributed by atoms with van der Waals surface area (Å²) >= 11 is 0. The van der Waals surface area contributed by atoms with Crippen molar-refractivity contribution in [1.29, 1.82) is 0 Å². The highest BCUT2D eigenvalue weighted by molar-refractivity contribution is 6.01. The molecule has 0 spiro atoms. The third kappa shape index (κ3) is 4.83. The highest BCUT2D eigenvalue weighted by Gasteiger charge is 2.42. The number of carbonyl (C=O) groups excluding carboxylic acids is 4. The van der Waals surface area contributed by atoms with E-state index in [2.05, 4.69) is 10.2 Å². The number of methoxy groups -OCH3 is 1. The molecule has 0 saturated heterocycles. The number of carbonyl (C=O) groups is 4. The Balaban J connectivity index is 3.23.